The molecule has 1 aliphatic rings. The molecule has 0 unspecified atom stereocenters. The van der Waals surface area contributed by atoms with Crippen molar-refractivity contribution in [3.8, 4) is 11.1 Å². The van der Waals surface area contributed by atoms with Crippen molar-refractivity contribution >= 4 is 45.8 Å². The van der Waals surface area contributed by atoms with Crippen molar-refractivity contribution < 1.29 is 0 Å². The topological polar surface area (TPSA) is 39.1 Å². The van der Waals surface area contributed by atoms with Gasteiger partial charge < -0.3 is 10.2 Å². The van der Waals surface area contributed by atoms with Crippen molar-refractivity contribution in [1.82, 2.24) is 5.32 Å². The SMILES string of the molecule is N=C(/C(=C1\NC(c2ccccc2)=Cc2ccc(N(c3ccccc3)c3ccc(-c4ccccc4)cc3)cc21)c1ccccc1)c1ccccc1. The maximum absolute atomic E-state index is 9.64. The zero-order valence-electron chi connectivity index (χ0n) is 27.5. The van der Waals surface area contributed by atoms with E-state index in [4.69, 9.17) is 0 Å². The van der Waals surface area contributed by atoms with Gasteiger partial charge in [0, 0.05) is 39.5 Å². The minimum atomic E-state index is 0.460. The second-order valence-electron chi connectivity index (χ2n) is 12.3. The summed E-state index contributed by atoms with van der Waals surface area (Å²) >= 11 is 0. The summed E-state index contributed by atoms with van der Waals surface area (Å²) in [6.45, 7) is 0. The van der Waals surface area contributed by atoms with Crippen LogP contribution in [0.1, 0.15) is 27.8 Å². The zero-order chi connectivity index (χ0) is 33.7. The van der Waals surface area contributed by atoms with Crippen LogP contribution in [0.4, 0.5) is 17.1 Å². The average Bonchev–Trinajstić information content (AvgIpc) is 3.20. The van der Waals surface area contributed by atoms with Gasteiger partial charge in [-0.25, -0.2) is 0 Å². The molecule has 0 aromatic heterocycles. The average molecular weight is 642 g/mol. The summed E-state index contributed by atoms with van der Waals surface area (Å²) in [5.74, 6) is 0. The van der Waals surface area contributed by atoms with Crippen LogP contribution in [-0.2, 0) is 0 Å². The summed E-state index contributed by atoms with van der Waals surface area (Å²) in [7, 11) is 0. The predicted octanol–water partition coefficient (Wildman–Crippen LogP) is 11.9. The lowest BCUT2D eigenvalue weighted by Gasteiger charge is -2.30. The Labute approximate surface area is 293 Å². The number of hydrogen-bond acceptors (Lipinski definition) is 3. The van der Waals surface area contributed by atoms with E-state index in [1.165, 1.54) is 11.1 Å². The Morgan fingerprint density at radius 1 is 0.440 bits per heavy atom. The Morgan fingerprint density at radius 3 is 1.54 bits per heavy atom. The first-order valence-corrected chi connectivity index (χ1v) is 16.9. The number of fused-ring (bicyclic) bond motifs is 1. The fourth-order valence-electron chi connectivity index (χ4n) is 6.62. The van der Waals surface area contributed by atoms with Gasteiger partial charge in [-0.05, 0) is 70.3 Å². The van der Waals surface area contributed by atoms with E-state index in [1.807, 2.05) is 60.7 Å². The third kappa shape index (κ3) is 6.16. The Bertz CT molecular complexity index is 2310. The molecule has 0 spiro atoms. The van der Waals surface area contributed by atoms with Crippen LogP contribution in [0.2, 0.25) is 0 Å². The van der Waals surface area contributed by atoms with Crippen LogP contribution in [0.15, 0.2) is 194 Å². The minimum Gasteiger partial charge on any atom is -0.354 e. The Kier molecular flexibility index (Phi) is 8.45. The Morgan fingerprint density at radius 2 is 0.920 bits per heavy atom. The van der Waals surface area contributed by atoms with Crippen molar-refractivity contribution in [2.75, 3.05) is 4.90 Å². The first-order valence-electron chi connectivity index (χ1n) is 16.9. The number of hydrogen-bond donors (Lipinski definition) is 2. The smallest absolute Gasteiger partial charge is 0.0711 e. The third-order valence-electron chi connectivity index (χ3n) is 9.08. The molecule has 0 fully saturated rings. The number of benzene rings is 7. The van der Waals surface area contributed by atoms with Crippen molar-refractivity contribution in [1.29, 1.82) is 5.41 Å². The second kappa shape index (κ2) is 13.8. The summed E-state index contributed by atoms with van der Waals surface area (Å²) in [4.78, 5) is 2.30. The van der Waals surface area contributed by atoms with E-state index < -0.39 is 0 Å². The number of para-hydroxylation sites is 1. The highest BCUT2D eigenvalue weighted by Crippen LogP contribution is 2.41. The molecule has 3 nitrogen and oxygen atoms in total. The fraction of sp³-hybridized carbons (Fsp3) is 0. The summed E-state index contributed by atoms with van der Waals surface area (Å²) in [5.41, 5.74) is 13.7. The van der Waals surface area contributed by atoms with Crippen LogP contribution in [-0.4, -0.2) is 5.71 Å². The third-order valence-corrected chi connectivity index (χ3v) is 9.08. The molecule has 0 bridgehead atoms. The molecule has 0 saturated heterocycles. The van der Waals surface area contributed by atoms with Gasteiger partial charge in [0.25, 0.3) is 0 Å². The lowest BCUT2D eigenvalue weighted by atomic mass is 9.87. The van der Waals surface area contributed by atoms with Gasteiger partial charge in [0.2, 0.25) is 0 Å². The molecule has 0 saturated carbocycles. The predicted molar refractivity (Wildman–Crippen MR) is 211 cm³/mol. The quantitative estimate of drug-likeness (QED) is 0.162. The van der Waals surface area contributed by atoms with Gasteiger partial charge in [0.05, 0.1) is 11.4 Å². The summed E-state index contributed by atoms with van der Waals surface area (Å²) in [5, 5.41) is 13.5. The molecule has 1 aliphatic heterocycles. The number of anilines is 3. The van der Waals surface area contributed by atoms with Gasteiger partial charge in [-0.15, -0.1) is 0 Å². The molecule has 0 amide bonds. The zero-order valence-corrected chi connectivity index (χ0v) is 27.5. The summed E-state index contributed by atoms with van der Waals surface area (Å²) in [6, 6.07) is 67.1. The van der Waals surface area contributed by atoms with Crippen molar-refractivity contribution in [2.24, 2.45) is 0 Å². The lowest BCUT2D eigenvalue weighted by Crippen LogP contribution is -2.21. The van der Waals surface area contributed by atoms with Gasteiger partial charge >= 0.3 is 0 Å². The van der Waals surface area contributed by atoms with Crippen LogP contribution in [0.3, 0.4) is 0 Å². The second-order valence-corrected chi connectivity index (χ2v) is 12.3. The Hall–Kier alpha value is -6.71. The van der Waals surface area contributed by atoms with Crippen molar-refractivity contribution in [2.45, 2.75) is 0 Å². The Balaban J connectivity index is 1.34. The van der Waals surface area contributed by atoms with Gasteiger partial charge in [-0.2, -0.15) is 0 Å². The molecule has 0 radical (unpaired) electrons. The van der Waals surface area contributed by atoms with E-state index in [1.54, 1.807) is 0 Å². The van der Waals surface area contributed by atoms with E-state index in [9.17, 15) is 5.41 Å². The molecule has 7 aromatic carbocycles. The summed E-state index contributed by atoms with van der Waals surface area (Å²) in [6.07, 6.45) is 2.22. The maximum atomic E-state index is 9.64. The molecule has 2 N–H and O–H groups in total. The van der Waals surface area contributed by atoms with Gasteiger partial charge in [0.15, 0.2) is 0 Å². The van der Waals surface area contributed by atoms with Crippen LogP contribution in [0, 0.1) is 5.41 Å². The molecule has 50 heavy (non-hydrogen) atoms. The summed E-state index contributed by atoms with van der Waals surface area (Å²) < 4.78 is 0. The highest BCUT2D eigenvalue weighted by molar-refractivity contribution is 6.36. The van der Waals surface area contributed by atoms with E-state index in [2.05, 4.69) is 150 Å². The molecule has 8 rings (SSSR count). The van der Waals surface area contributed by atoms with Crippen LogP contribution in [0.5, 0.6) is 0 Å². The lowest BCUT2D eigenvalue weighted by molar-refractivity contribution is 1.21. The number of allylic oxidation sites excluding steroid dienone is 1. The highest BCUT2D eigenvalue weighted by atomic mass is 15.1. The minimum absolute atomic E-state index is 0.460. The number of nitrogens with one attached hydrogen (secondary N) is 2. The molecule has 0 aliphatic carbocycles. The van der Waals surface area contributed by atoms with Gasteiger partial charge in [0.1, 0.15) is 0 Å². The largest absolute Gasteiger partial charge is 0.354 e. The molecular weight excluding hydrogens is 607 g/mol. The van der Waals surface area contributed by atoms with E-state index in [0.29, 0.717) is 5.71 Å². The molecule has 0 atom stereocenters. The number of nitrogens with zero attached hydrogens (tertiary/aromatic N) is 1. The van der Waals surface area contributed by atoms with Crippen molar-refractivity contribution in [3.63, 3.8) is 0 Å². The monoisotopic (exact) mass is 641 g/mol. The molecule has 7 aromatic rings. The van der Waals surface area contributed by atoms with Crippen LogP contribution < -0.4 is 10.2 Å². The molecule has 1 heterocycles. The highest BCUT2D eigenvalue weighted by Gasteiger charge is 2.25. The molecular formula is C47H35N3. The fourth-order valence-corrected chi connectivity index (χ4v) is 6.62. The van der Waals surface area contributed by atoms with Gasteiger partial charge in [-0.1, -0.05) is 158 Å². The van der Waals surface area contributed by atoms with E-state index in [-0.39, 0.29) is 0 Å². The molecule has 238 valence electrons. The normalized spacial score (nSPS) is 13.0. The van der Waals surface area contributed by atoms with Crippen molar-refractivity contribution in [3.05, 3.63) is 222 Å². The van der Waals surface area contributed by atoms with Crippen LogP contribution in [0.25, 0.3) is 34.2 Å². The first-order chi connectivity index (χ1) is 24.7. The maximum Gasteiger partial charge on any atom is 0.0711 e. The van der Waals surface area contributed by atoms with Crippen LogP contribution >= 0.6 is 0 Å². The number of rotatable bonds is 8. The molecule has 3 heteroatoms. The first kappa shape index (κ1) is 30.6. The van der Waals surface area contributed by atoms with Gasteiger partial charge in [-0.3, -0.25) is 5.41 Å². The van der Waals surface area contributed by atoms with E-state index in [0.717, 1.165) is 61.8 Å². The standard InChI is InChI=1S/C47H35N3/c48-46(38-22-12-4-13-23-38)45(37-20-10-3-11-21-37)47-43-33-42(31-28-39(43)32-44(49-47)36-18-8-2-9-19-36)50(40-24-14-5-15-25-40)41-29-26-35(27-30-41)34-16-6-1-7-17-34/h1-33,48-49H/b47-45-,48-46?. The van der Waals surface area contributed by atoms with E-state index >= 15 is 0 Å².